The van der Waals surface area contributed by atoms with Gasteiger partial charge in [-0.1, -0.05) is 58.8 Å². The van der Waals surface area contributed by atoms with Crippen molar-refractivity contribution in [1.82, 2.24) is 0 Å². The summed E-state index contributed by atoms with van der Waals surface area (Å²) >= 11 is 3.54. The van der Waals surface area contributed by atoms with Crippen LogP contribution in [0.2, 0.25) is 0 Å². The lowest BCUT2D eigenvalue weighted by Gasteiger charge is -2.23. The molecule has 0 aliphatic rings. The van der Waals surface area contributed by atoms with Crippen LogP contribution in [0.15, 0.2) is 36.9 Å². The third-order valence-corrected chi connectivity index (χ3v) is 3.77. The zero-order valence-corrected chi connectivity index (χ0v) is 10.5. The van der Waals surface area contributed by atoms with Gasteiger partial charge in [-0.15, -0.1) is 6.58 Å². The summed E-state index contributed by atoms with van der Waals surface area (Å²) in [5.41, 5.74) is 2.86. The van der Waals surface area contributed by atoms with Gasteiger partial charge in [-0.05, 0) is 24.3 Å². The summed E-state index contributed by atoms with van der Waals surface area (Å²) in [6, 6.07) is 8.66. The Morgan fingerprint density at radius 3 is 2.71 bits per heavy atom. The predicted octanol–water partition coefficient (Wildman–Crippen LogP) is 4.12. The molecule has 0 aliphatic carbocycles. The number of allylic oxidation sites excluding steroid dienone is 1. The second-order valence-electron chi connectivity index (χ2n) is 4.16. The molecule has 0 spiro atoms. The Morgan fingerprint density at radius 1 is 1.50 bits per heavy atom. The Balaban J connectivity index is 2.82. The highest BCUT2D eigenvalue weighted by molar-refractivity contribution is 9.09. The van der Waals surface area contributed by atoms with Crippen molar-refractivity contribution in [2.24, 2.45) is 5.41 Å². The van der Waals surface area contributed by atoms with Crippen LogP contribution in [0.4, 0.5) is 0 Å². The third-order valence-electron chi connectivity index (χ3n) is 2.49. The first-order valence-electron chi connectivity index (χ1n) is 4.85. The first-order chi connectivity index (χ1) is 6.59. The van der Waals surface area contributed by atoms with Crippen molar-refractivity contribution in [3.05, 3.63) is 48.0 Å². The van der Waals surface area contributed by atoms with Crippen LogP contribution in [0.3, 0.4) is 0 Å². The topological polar surface area (TPSA) is 0 Å². The fraction of sp³-hybridized carbons (Fsp3) is 0.385. The monoisotopic (exact) mass is 252 g/mol. The highest BCUT2D eigenvalue weighted by Crippen LogP contribution is 2.26. The first-order valence-corrected chi connectivity index (χ1v) is 5.97. The van der Waals surface area contributed by atoms with Gasteiger partial charge < -0.3 is 0 Å². The SMILES string of the molecule is C=CC(C)(CBr)Cc1cccc(C)c1. The number of benzene rings is 1. The molecule has 0 radical (unpaired) electrons. The van der Waals surface area contributed by atoms with Crippen molar-refractivity contribution in [2.75, 3.05) is 5.33 Å². The van der Waals surface area contributed by atoms with Crippen LogP contribution >= 0.6 is 15.9 Å². The quantitative estimate of drug-likeness (QED) is 0.559. The lowest BCUT2D eigenvalue weighted by molar-refractivity contribution is 0.493. The van der Waals surface area contributed by atoms with Gasteiger partial charge in [0.25, 0.3) is 0 Å². The number of halogens is 1. The maximum atomic E-state index is 3.89. The Labute approximate surface area is 95.2 Å². The van der Waals surface area contributed by atoms with E-state index in [4.69, 9.17) is 0 Å². The highest BCUT2D eigenvalue weighted by Gasteiger charge is 2.18. The Hall–Kier alpha value is -0.560. The molecule has 1 aromatic carbocycles. The largest absolute Gasteiger partial charge is 0.102 e. The molecule has 1 heteroatoms. The number of alkyl halides is 1. The van der Waals surface area contributed by atoms with E-state index < -0.39 is 0 Å². The standard InChI is InChI=1S/C13H17Br/c1-4-13(3,10-14)9-12-7-5-6-11(2)8-12/h4-8H,1,9-10H2,2-3H3. The van der Waals surface area contributed by atoms with Crippen molar-refractivity contribution in [1.29, 1.82) is 0 Å². The van der Waals surface area contributed by atoms with Gasteiger partial charge >= 0.3 is 0 Å². The van der Waals surface area contributed by atoms with Gasteiger partial charge in [-0.25, -0.2) is 0 Å². The van der Waals surface area contributed by atoms with Crippen LogP contribution in [-0.4, -0.2) is 5.33 Å². The van der Waals surface area contributed by atoms with Gasteiger partial charge in [0.05, 0.1) is 0 Å². The third kappa shape index (κ3) is 2.98. The summed E-state index contributed by atoms with van der Waals surface area (Å²) in [7, 11) is 0. The van der Waals surface area contributed by atoms with Crippen molar-refractivity contribution >= 4 is 15.9 Å². The lowest BCUT2D eigenvalue weighted by atomic mass is 9.86. The van der Waals surface area contributed by atoms with Crippen molar-refractivity contribution in [3.63, 3.8) is 0 Å². The first kappa shape index (κ1) is 11.5. The molecule has 0 nitrogen and oxygen atoms in total. The second-order valence-corrected chi connectivity index (χ2v) is 4.72. The maximum Gasteiger partial charge on any atom is 0.0123 e. The molecule has 0 heterocycles. The van der Waals surface area contributed by atoms with Crippen LogP contribution in [0.5, 0.6) is 0 Å². The van der Waals surface area contributed by atoms with E-state index in [1.54, 1.807) is 0 Å². The van der Waals surface area contributed by atoms with Gasteiger partial charge in [0.15, 0.2) is 0 Å². The summed E-state index contributed by atoms with van der Waals surface area (Å²) in [5, 5.41) is 0.956. The molecule has 14 heavy (non-hydrogen) atoms. The summed E-state index contributed by atoms with van der Waals surface area (Å²) in [6.07, 6.45) is 3.08. The molecule has 0 amide bonds. The summed E-state index contributed by atoms with van der Waals surface area (Å²) in [5.74, 6) is 0. The molecule has 1 aromatic rings. The molecule has 0 saturated heterocycles. The minimum Gasteiger partial charge on any atom is -0.102 e. The fourth-order valence-corrected chi connectivity index (χ4v) is 1.89. The second kappa shape index (κ2) is 4.79. The van der Waals surface area contributed by atoms with E-state index in [1.807, 2.05) is 6.08 Å². The van der Waals surface area contributed by atoms with Gasteiger partial charge in [0, 0.05) is 5.33 Å². The Bertz CT molecular complexity index is 317. The summed E-state index contributed by atoms with van der Waals surface area (Å²) in [6.45, 7) is 8.24. The van der Waals surface area contributed by atoms with Crippen LogP contribution in [0.25, 0.3) is 0 Å². The van der Waals surface area contributed by atoms with E-state index in [9.17, 15) is 0 Å². The molecule has 0 aromatic heterocycles. The van der Waals surface area contributed by atoms with Crippen LogP contribution in [0.1, 0.15) is 18.1 Å². The van der Waals surface area contributed by atoms with Gasteiger partial charge in [-0.3, -0.25) is 0 Å². The van der Waals surface area contributed by atoms with E-state index in [0.29, 0.717) is 0 Å². The Kier molecular flexibility index (Phi) is 3.94. The smallest absolute Gasteiger partial charge is 0.0123 e. The zero-order chi connectivity index (χ0) is 10.6. The van der Waals surface area contributed by atoms with E-state index in [0.717, 1.165) is 11.8 Å². The number of hydrogen-bond acceptors (Lipinski definition) is 0. The fourth-order valence-electron chi connectivity index (χ4n) is 1.46. The van der Waals surface area contributed by atoms with Crippen molar-refractivity contribution in [3.8, 4) is 0 Å². The molecule has 0 N–H and O–H groups in total. The van der Waals surface area contributed by atoms with E-state index in [2.05, 4.69) is 60.6 Å². The number of hydrogen-bond donors (Lipinski definition) is 0. The van der Waals surface area contributed by atoms with Crippen molar-refractivity contribution in [2.45, 2.75) is 20.3 Å². The molecule has 0 bridgehead atoms. The van der Waals surface area contributed by atoms with Crippen molar-refractivity contribution < 1.29 is 0 Å². The molecule has 0 fully saturated rings. The normalized spacial score (nSPS) is 14.8. The molecule has 76 valence electrons. The summed E-state index contributed by atoms with van der Waals surface area (Å²) < 4.78 is 0. The van der Waals surface area contributed by atoms with Gasteiger partial charge in [0.2, 0.25) is 0 Å². The van der Waals surface area contributed by atoms with Gasteiger partial charge in [-0.2, -0.15) is 0 Å². The zero-order valence-electron chi connectivity index (χ0n) is 8.89. The maximum absolute atomic E-state index is 3.89. The van der Waals surface area contributed by atoms with E-state index >= 15 is 0 Å². The van der Waals surface area contributed by atoms with Crippen LogP contribution < -0.4 is 0 Å². The minimum absolute atomic E-state index is 0.161. The number of aryl methyl sites for hydroxylation is 1. The average molecular weight is 253 g/mol. The molecule has 1 unspecified atom stereocenters. The predicted molar refractivity (Wildman–Crippen MR) is 67.0 cm³/mol. The molecule has 1 rings (SSSR count). The van der Waals surface area contributed by atoms with E-state index in [1.165, 1.54) is 11.1 Å². The van der Waals surface area contributed by atoms with E-state index in [-0.39, 0.29) is 5.41 Å². The minimum atomic E-state index is 0.161. The van der Waals surface area contributed by atoms with Crippen LogP contribution in [-0.2, 0) is 6.42 Å². The molecular weight excluding hydrogens is 236 g/mol. The lowest BCUT2D eigenvalue weighted by Crippen LogP contribution is -2.18. The average Bonchev–Trinajstić information content (AvgIpc) is 2.18. The Morgan fingerprint density at radius 2 is 2.21 bits per heavy atom. The highest BCUT2D eigenvalue weighted by atomic mass is 79.9. The molecule has 0 saturated carbocycles. The molecule has 0 aliphatic heterocycles. The molecule has 1 atom stereocenters. The summed E-state index contributed by atoms with van der Waals surface area (Å²) in [4.78, 5) is 0. The molecular formula is C13H17Br. The number of rotatable bonds is 4. The van der Waals surface area contributed by atoms with Gasteiger partial charge in [0.1, 0.15) is 0 Å². The van der Waals surface area contributed by atoms with Crippen LogP contribution in [0, 0.1) is 12.3 Å².